The number of Topliss-reactive ketones (excluding diaryl/α,β-unsaturated/α-hetero) is 1. The van der Waals surface area contributed by atoms with E-state index >= 15 is 0 Å². The van der Waals surface area contributed by atoms with Crippen molar-refractivity contribution in [1.82, 2.24) is 19.8 Å². The zero-order valence-electron chi connectivity index (χ0n) is 25.1. The number of ketones is 1. The molecule has 0 amide bonds. The molecular formula is C36H44N4O3. The van der Waals surface area contributed by atoms with Crippen LogP contribution in [0.15, 0.2) is 48.7 Å². The molecule has 8 rings (SSSR count). The average molecular weight is 581 g/mol. The van der Waals surface area contributed by atoms with Gasteiger partial charge < -0.3 is 20.1 Å². The number of rotatable bonds is 1. The molecule has 2 aromatic heterocycles. The molecule has 3 aromatic rings. The number of phenols is 1. The highest BCUT2D eigenvalue weighted by Crippen LogP contribution is 2.62. The summed E-state index contributed by atoms with van der Waals surface area (Å²) in [6.45, 7) is 4.02. The Hall–Kier alpha value is -3.00. The van der Waals surface area contributed by atoms with Gasteiger partial charge in [-0.15, -0.1) is 0 Å². The summed E-state index contributed by atoms with van der Waals surface area (Å²) >= 11 is 0. The zero-order chi connectivity index (χ0) is 29.2. The number of para-hydroxylation sites is 1. The van der Waals surface area contributed by atoms with Gasteiger partial charge in [-0.1, -0.05) is 24.3 Å². The van der Waals surface area contributed by atoms with Gasteiger partial charge in [-0.25, -0.2) is 0 Å². The van der Waals surface area contributed by atoms with Crippen LogP contribution in [0.25, 0.3) is 27.4 Å². The number of hydrogen-bond donors (Lipinski definition) is 3. The van der Waals surface area contributed by atoms with E-state index < -0.39 is 5.60 Å². The molecule has 6 atom stereocenters. The maximum Gasteiger partial charge on any atom is 0.139 e. The Labute approximate surface area is 253 Å². The molecule has 3 fully saturated rings. The van der Waals surface area contributed by atoms with Gasteiger partial charge in [-0.2, -0.15) is 0 Å². The summed E-state index contributed by atoms with van der Waals surface area (Å²) in [7, 11) is 0. The Balaban J connectivity index is 1.34. The number of piperidine rings is 1. The molecule has 3 N–H and O–H groups in total. The van der Waals surface area contributed by atoms with Gasteiger partial charge in [-0.3, -0.25) is 14.7 Å². The Bertz CT molecular complexity index is 1630. The van der Waals surface area contributed by atoms with Gasteiger partial charge in [0.25, 0.3) is 0 Å². The molecule has 2 unspecified atom stereocenters. The number of phenolic OH excluding ortho intramolecular Hbond substituents is 1. The van der Waals surface area contributed by atoms with Crippen molar-refractivity contribution in [2.75, 3.05) is 26.2 Å². The predicted molar refractivity (Wildman–Crippen MR) is 170 cm³/mol. The Kier molecular flexibility index (Phi) is 6.77. The average Bonchev–Trinajstić information content (AvgIpc) is 3.52. The first-order valence-electron chi connectivity index (χ1n) is 16.7. The maximum atomic E-state index is 13.1. The van der Waals surface area contributed by atoms with Crippen LogP contribution in [0.2, 0.25) is 0 Å². The van der Waals surface area contributed by atoms with Crippen molar-refractivity contribution >= 4 is 33.2 Å². The van der Waals surface area contributed by atoms with E-state index in [1.54, 1.807) is 6.07 Å². The quantitative estimate of drug-likeness (QED) is 0.308. The number of allylic oxidation sites excluding steroid dienone is 3. The van der Waals surface area contributed by atoms with E-state index in [2.05, 4.69) is 39.1 Å². The van der Waals surface area contributed by atoms with Gasteiger partial charge in [-0.05, 0) is 107 Å². The number of aromatic hydroxyl groups is 1. The third kappa shape index (κ3) is 4.41. The number of H-pyrrole nitrogens is 1. The lowest BCUT2D eigenvalue weighted by Crippen LogP contribution is -2.65. The fraction of sp³-hybridized carbons (Fsp3) is 0.556. The van der Waals surface area contributed by atoms with Crippen LogP contribution in [0.3, 0.4) is 0 Å². The number of aromatic amines is 1. The van der Waals surface area contributed by atoms with Gasteiger partial charge in [0.15, 0.2) is 0 Å². The number of nitrogens with zero attached hydrogens (tertiary/aromatic N) is 3. The van der Waals surface area contributed by atoms with E-state index in [4.69, 9.17) is 4.98 Å². The lowest BCUT2D eigenvalue weighted by molar-refractivity contribution is -0.120. The summed E-state index contributed by atoms with van der Waals surface area (Å²) < 4.78 is 0. The summed E-state index contributed by atoms with van der Waals surface area (Å²) in [5.74, 6) is 0.898. The number of aliphatic hydroxyl groups is 1. The van der Waals surface area contributed by atoms with Gasteiger partial charge in [0.2, 0.25) is 0 Å². The second-order valence-electron chi connectivity index (χ2n) is 14.0. The number of aromatic nitrogens is 2. The first-order valence-corrected chi connectivity index (χ1v) is 16.7. The van der Waals surface area contributed by atoms with E-state index in [1.165, 1.54) is 18.4 Å². The van der Waals surface area contributed by atoms with Crippen molar-refractivity contribution in [2.45, 2.75) is 88.3 Å². The summed E-state index contributed by atoms with van der Waals surface area (Å²) in [6.07, 6.45) is 18.9. The molecule has 3 saturated heterocycles. The summed E-state index contributed by atoms with van der Waals surface area (Å²) in [4.78, 5) is 26.5. The van der Waals surface area contributed by atoms with Crippen LogP contribution in [0.5, 0.6) is 5.75 Å². The maximum absolute atomic E-state index is 13.1. The van der Waals surface area contributed by atoms with Crippen LogP contribution < -0.4 is 0 Å². The lowest BCUT2D eigenvalue weighted by Gasteiger charge is -2.58. The molecular weight excluding hydrogens is 536 g/mol. The number of carbonyl (C=O) groups is 1. The van der Waals surface area contributed by atoms with Crippen molar-refractivity contribution < 1.29 is 15.0 Å². The highest BCUT2D eigenvalue weighted by Gasteiger charge is 2.66. The first kappa shape index (κ1) is 27.5. The Morgan fingerprint density at radius 1 is 0.953 bits per heavy atom. The molecule has 7 heteroatoms. The number of carbonyl (C=O) groups excluding carboxylic acids is 1. The first-order chi connectivity index (χ1) is 21.0. The summed E-state index contributed by atoms with van der Waals surface area (Å²) in [5, 5.41) is 25.8. The molecule has 0 radical (unpaired) electrons. The number of nitrogens with one attached hydrogen (secondary N) is 1. The largest absolute Gasteiger partial charge is 0.506 e. The van der Waals surface area contributed by atoms with E-state index in [0.717, 1.165) is 92.2 Å². The molecule has 7 nitrogen and oxygen atoms in total. The monoisotopic (exact) mass is 580 g/mol. The SMILES string of the molecule is O=C1CCCN2[C@@H](CC1)C[C@]13CN4CCCCC=CCC[C@](O)(C=C(c5nccc6c5[nH]c5c(O)cccc56)C1CC4)[C@H]23. The third-order valence-electron chi connectivity index (χ3n) is 11.6. The molecule has 1 spiro atoms. The number of fused-ring (bicyclic) bond motifs is 5. The van der Waals surface area contributed by atoms with Crippen LogP contribution in [0.1, 0.15) is 76.3 Å². The van der Waals surface area contributed by atoms with Gasteiger partial charge in [0.05, 0.1) is 22.3 Å². The van der Waals surface area contributed by atoms with E-state index in [1.807, 2.05) is 18.3 Å². The predicted octanol–water partition coefficient (Wildman–Crippen LogP) is 5.96. The number of hydrogen-bond acceptors (Lipinski definition) is 6. The molecule has 3 bridgehead atoms. The van der Waals surface area contributed by atoms with Gasteiger partial charge in [0, 0.05) is 53.9 Å². The second-order valence-corrected chi connectivity index (χ2v) is 14.0. The molecule has 1 aliphatic carbocycles. The molecule has 6 heterocycles. The van der Waals surface area contributed by atoms with Crippen LogP contribution in [0.4, 0.5) is 0 Å². The fourth-order valence-corrected chi connectivity index (χ4v) is 9.92. The van der Waals surface area contributed by atoms with Crippen molar-refractivity contribution in [3.05, 3.63) is 54.4 Å². The van der Waals surface area contributed by atoms with Crippen LogP contribution >= 0.6 is 0 Å². The third-order valence-corrected chi connectivity index (χ3v) is 11.6. The molecule has 226 valence electrons. The van der Waals surface area contributed by atoms with Gasteiger partial charge in [0.1, 0.15) is 11.5 Å². The van der Waals surface area contributed by atoms with Crippen molar-refractivity contribution in [1.29, 1.82) is 0 Å². The summed E-state index contributed by atoms with van der Waals surface area (Å²) in [5.41, 5.74) is 2.63. The zero-order valence-corrected chi connectivity index (χ0v) is 25.1. The number of benzene rings is 1. The molecule has 43 heavy (non-hydrogen) atoms. The molecule has 1 aromatic carbocycles. The molecule has 5 aliphatic rings. The van der Waals surface area contributed by atoms with Crippen LogP contribution in [0, 0.1) is 11.3 Å². The minimum absolute atomic E-state index is 0.0230. The van der Waals surface area contributed by atoms with Gasteiger partial charge >= 0.3 is 0 Å². The molecule has 0 saturated carbocycles. The fourth-order valence-electron chi connectivity index (χ4n) is 9.92. The van der Waals surface area contributed by atoms with Crippen molar-refractivity contribution in [3.63, 3.8) is 0 Å². The van der Waals surface area contributed by atoms with Crippen molar-refractivity contribution in [3.8, 4) is 5.75 Å². The van der Waals surface area contributed by atoms with E-state index in [-0.39, 0.29) is 23.1 Å². The Morgan fingerprint density at radius 2 is 1.84 bits per heavy atom. The van der Waals surface area contributed by atoms with Crippen molar-refractivity contribution in [2.24, 2.45) is 11.3 Å². The van der Waals surface area contributed by atoms with Crippen LogP contribution in [-0.2, 0) is 4.79 Å². The smallest absolute Gasteiger partial charge is 0.139 e. The second kappa shape index (κ2) is 10.6. The Morgan fingerprint density at radius 3 is 2.77 bits per heavy atom. The lowest BCUT2D eigenvalue weighted by atomic mass is 9.54. The topological polar surface area (TPSA) is 92.7 Å². The minimum atomic E-state index is -1.01. The molecule has 4 aliphatic heterocycles. The normalized spacial score (nSPS) is 35.4. The van der Waals surface area contributed by atoms with E-state index in [0.29, 0.717) is 31.1 Å². The minimum Gasteiger partial charge on any atom is -0.506 e. The highest BCUT2D eigenvalue weighted by atomic mass is 16.3. The summed E-state index contributed by atoms with van der Waals surface area (Å²) in [6, 6.07) is 8.04. The number of pyridine rings is 1. The standard InChI is InChI=1S/C36H44N4O3/c41-25-9-8-19-40-24(12-13-25)21-35-23-39-18-6-4-2-1-3-5-16-36(43,34(35)40)22-28(29(35)15-20-39)32-33-27(14-17-37-32)26-10-7-11-30(42)31(26)38-33/h1,3,7,10-11,14,17,22,24,29,34,38,42-43H,2,4-6,8-9,12-13,15-16,18-21,23H2/t24-,29?,34+,35-,36-/m0/s1. The van der Waals surface area contributed by atoms with E-state index in [9.17, 15) is 15.0 Å². The van der Waals surface area contributed by atoms with Crippen LogP contribution in [-0.4, -0.2) is 79.6 Å². The highest BCUT2D eigenvalue weighted by molar-refractivity contribution is 6.11.